The van der Waals surface area contributed by atoms with Crippen LogP contribution in [0.2, 0.25) is 0 Å². The van der Waals surface area contributed by atoms with Gasteiger partial charge < -0.3 is 19.3 Å². The van der Waals surface area contributed by atoms with E-state index in [1.165, 1.54) is 41.1 Å². The number of aryl methyl sites for hydroxylation is 2. The van der Waals surface area contributed by atoms with E-state index in [2.05, 4.69) is 62.0 Å². The number of rotatable bonds is 9. The summed E-state index contributed by atoms with van der Waals surface area (Å²) in [7, 11) is 1.46. The van der Waals surface area contributed by atoms with E-state index >= 15 is 0 Å². The van der Waals surface area contributed by atoms with Crippen molar-refractivity contribution in [3.05, 3.63) is 93.2 Å². The number of carboxylic acid groups (broad SMARTS) is 1. The average molecular weight is 582 g/mol. The van der Waals surface area contributed by atoms with Crippen LogP contribution in [0, 0.1) is 20.8 Å². The molecular formula is C35H39N3O5. The van der Waals surface area contributed by atoms with Crippen molar-refractivity contribution in [1.29, 1.82) is 0 Å². The molecule has 0 bridgehead atoms. The molecule has 1 saturated heterocycles. The molecule has 4 aromatic rings. The number of hydrogen-bond donors (Lipinski definition) is 1. The summed E-state index contributed by atoms with van der Waals surface area (Å²) in [6.45, 7) is 12.9. The van der Waals surface area contributed by atoms with Gasteiger partial charge in [0.25, 0.3) is 0 Å². The van der Waals surface area contributed by atoms with Crippen molar-refractivity contribution in [1.82, 2.24) is 14.7 Å². The van der Waals surface area contributed by atoms with Crippen molar-refractivity contribution in [3.63, 3.8) is 0 Å². The number of para-hydroxylation sites is 1. The van der Waals surface area contributed by atoms with Gasteiger partial charge in [-0.3, -0.25) is 4.90 Å². The maximum Gasteiger partial charge on any atom is 0.342 e. The second-order valence-corrected chi connectivity index (χ2v) is 11.5. The van der Waals surface area contributed by atoms with E-state index in [-0.39, 0.29) is 11.4 Å². The molecule has 0 spiro atoms. The van der Waals surface area contributed by atoms with Crippen LogP contribution in [0.15, 0.2) is 48.7 Å². The van der Waals surface area contributed by atoms with Crippen LogP contribution in [0.25, 0.3) is 16.8 Å². The van der Waals surface area contributed by atoms with E-state index < -0.39 is 5.97 Å². The van der Waals surface area contributed by atoms with Gasteiger partial charge in [-0.05, 0) is 84.2 Å². The topological polar surface area (TPSA) is 86.1 Å². The first kappa shape index (κ1) is 29.0. The molecule has 0 aliphatic carbocycles. The van der Waals surface area contributed by atoms with Gasteiger partial charge in [0.15, 0.2) is 0 Å². The fourth-order valence-corrected chi connectivity index (χ4v) is 6.56. The molecule has 0 amide bonds. The van der Waals surface area contributed by atoms with Crippen molar-refractivity contribution in [2.45, 2.75) is 59.7 Å². The Morgan fingerprint density at radius 1 is 1.07 bits per heavy atom. The van der Waals surface area contributed by atoms with E-state index in [1.807, 2.05) is 18.2 Å². The number of ether oxygens (including phenoxy) is 3. The third-order valence-corrected chi connectivity index (χ3v) is 9.07. The van der Waals surface area contributed by atoms with E-state index in [1.54, 1.807) is 4.68 Å². The molecule has 1 fully saturated rings. The van der Waals surface area contributed by atoms with Gasteiger partial charge in [0.1, 0.15) is 17.9 Å². The van der Waals surface area contributed by atoms with Gasteiger partial charge in [0, 0.05) is 18.7 Å². The molecule has 6 rings (SSSR count). The highest BCUT2D eigenvalue weighted by Crippen LogP contribution is 2.39. The van der Waals surface area contributed by atoms with E-state index in [4.69, 9.17) is 14.2 Å². The number of nitrogens with zero attached hydrogens (tertiary/aromatic N) is 3. The molecule has 0 saturated carbocycles. The Hall–Kier alpha value is -4.14. The number of hydrogen-bond acceptors (Lipinski definition) is 6. The fourth-order valence-electron chi connectivity index (χ4n) is 6.56. The minimum Gasteiger partial charge on any atom is -0.488 e. The Balaban J connectivity index is 1.34. The van der Waals surface area contributed by atoms with Crippen LogP contribution in [-0.4, -0.2) is 58.7 Å². The molecule has 1 N–H and O–H groups in total. The highest BCUT2D eigenvalue weighted by molar-refractivity contribution is 5.90. The molecule has 3 aromatic carbocycles. The maximum absolute atomic E-state index is 11.8. The summed E-state index contributed by atoms with van der Waals surface area (Å²) in [4.78, 5) is 14.3. The molecule has 43 heavy (non-hydrogen) atoms. The zero-order valence-electron chi connectivity index (χ0n) is 25.6. The van der Waals surface area contributed by atoms with Gasteiger partial charge in [-0.25, -0.2) is 9.48 Å². The third kappa shape index (κ3) is 5.19. The van der Waals surface area contributed by atoms with Crippen LogP contribution in [0.1, 0.15) is 56.2 Å². The lowest BCUT2D eigenvalue weighted by Gasteiger charge is -2.41. The smallest absolute Gasteiger partial charge is 0.342 e. The summed E-state index contributed by atoms with van der Waals surface area (Å²) in [5, 5.41) is 14.0. The molecule has 1 aromatic heterocycles. The van der Waals surface area contributed by atoms with Crippen molar-refractivity contribution < 1.29 is 24.1 Å². The van der Waals surface area contributed by atoms with E-state index in [9.17, 15) is 9.90 Å². The first-order valence-corrected chi connectivity index (χ1v) is 14.9. The normalized spacial score (nSPS) is 15.2. The molecule has 0 atom stereocenters. The number of carbonyl (C=O) groups is 1. The Morgan fingerprint density at radius 3 is 2.53 bits per heavy atom. The Bertz CT molecular complexity index is 1690. The number of methoxy groups -OCH3 is 1. The average Bonchev–Trinajstić information content (AvgIpc) is 3.42. The van der Waals surface area contributed by atoms with Crippen LogP contribution < -0.4 is 9.47 Å². The molecular weight excluding hydrogens is 542 g/mol. The zero-order valence-corrected chi connectivity index (χ0v) is 25.6. The predicted molar refractivity (Wildman–Crippen MR) is 166 cm³/mol. The van der Waals surface area contributed by atoms with Gasteiger partial charge >= 0.3 is 5.97 Å². The first-order valence-electron chi connectivity index (χ1n) is 14.9. The van der Waals surface area contributed by atoms with Gasteiger partial charge in [-0.2, -0.15) is 5.10 Å². The Morgan fingerprint density at radius 2 is 1.84 bits per heavy atom. The third-order valence-electron chi connectivity index (χ3n) is 9.07. The molecule has 8 nitrogen and oxygen atoms in total. The van der Waals surface area contributed by atoms with Crippen LogP contribution in [0.3, 0.4) is 0 Å². The largest absolute Gasteiger partial charge is 0.488 e. The SMILES string of the molecule is CCc1c(-c2cccc(C)c2OCc2cc(C)c3c(c2C)CCN(C2COC2)C3)cccc1-n1ncc(C(=O)O)c1OC. The van der Waals surface area contributed by atoms with E-state index in [0.717, 1.165) is 66.4 Å². The fraction of sp³-hybridized carbons (Fsp3) is 0.371. The molecule has 8 heteroatoms. The zero-order chi connectivity index (χ0) is 30.2. The summed E-state index contributed by atoms with van der Waals surface area (Å²) in [6, 6.07) is 15.1. The molecule has 2 aliphatic rings. The lowest BCUT2D eigenvalue weighted by Crippen LogP contribution is -2.50. The van der Waals surface area contributed by atoms with Gasteiger partial charge in [0.2, 0.25) is 5.88 Å². The van der Waals surface area contributed by atoms with Crippen LogP contribution >= 0.6 is 0 Å². The van der Waals surface area contributed by atoms with Gasteiger partial charge in [0.05, 0.1) is 38.2 Å². The van der Waals surface area contributed by atoms with Crippen molar-refractivity contribution in [3.8, 4) is 28.4 Å². The Labute approximate surface area is 252 Å². The monoisotopic (exact) mass is 581 g/mol. The first-order chi connectivity index (χ1) is 20.8. The van der Waals surface area contributed by atoms with Crippen LogP contribution in [0.5, 0.6) is 11.6 Å². The predicted octanol–water partition coefficient (Wildman–Crippen LogP) is 6.07. The summed E-state index contributed by atoms with van der Waals surface area (Å²) in [5.74, 6) is -0.0360. The lowest BCUT2D eigenvalue weighted by atomic mass is 9.88. The van der Waals surface area contributed by atoms with Gasteiger partial charge in [-0.1, -0.05) is 43.3 Å². The number of benzene rings is 3. The molecule has 0 radical (unpaired) electrons. The number of fused-ring (bicyclic) bond motifs is 1. The Kier molecular flexibility index (Phi) is 7.99. The maximum atomic E-state index is 11.8. The summed E-state index contributed by atoms with van der Waals surface area (Å²) >= 11 is 0. The van der Waals surface area contributed by atoms with Crippen molar-refractivity contribution in [2.24, 2.45) is 0 Å². The van der Waals surface area contributed by atoms with Crippen molar-refractivity contribution >= 4 is 5.97 Å². The minimum atomic E-state index is -1.08. The highest BCUT2D eigenvalue weighted by Gasteiger charge is 2.30. The highest BCUT2D eigenvalue weighted by atomic mass is 16.5. The second-order valence-electron chi connectivity index (χ2n) is 11.5. The lowest BCUT2D eigenvalue weighted by molar-refractivity contribution is -0.0695. The van der Waals surface area contributed by atoms with E-state index in [0.29, 0.717) is 19.1 Å². The van der Waals surface area contributed by atoms with Crippen LogP contribution in [-0.2, 0) is 30.7 Å². The standard InChI is InChI=1S/C35H39N3O5/c1-6-26-28(10-8-12-32(26)38-34(41-5)30(16-36-38)35(39)40)29-11-7-9-21(2)33(29)43-18-24-15-22(3)31-17-37(25-19-42-20-25)14-13-27(31)23(24)4/h7-12,15-16,25H,6,13-14,17-20H2,1-5H3,(H,39,40). The number of aromatic carboxylic acids is 1. The molecule has 3 heterocycles. The number of carboxylic acids is 1. The summed E-state index contributed by atoms with van der Waals surface area (Å²) in [5.41, 5.74) is 11.7. The number of aromatic nitrogens is 2. The minimum absolute atomic E-state index is 0.0232. The molecule has 2 aliphatic heterocycles. The van der Waals surface area contributed by atoms with Crippen molar-refractivity contribution in [2.75, 3.05) is 26.9 Å². The summed E-state index contributed by atoms with van der Waals surface area (Å²) < 4.78 is 19.2. The molecule has 0 unspecified atom stereocenters. The quantitative estimate of drug-likeness (QED) is 0.257. The van der Waals surface area contributed by atoms with Crippen LogP contribution in [0.4, 0.5) is 0 Å². The van der Waals surface area contributed by atoms with Gasteiger partial charge in [-0.15, -0.1) is 0 Å². The second kappa shape index (κ2) is 11.9. The summed E-state index contributed by atoms with van der Waals surface area (Å²) in [6.07, 6.45) is 3.09. The molecule has 224 valence electrons.